The number of aromatic nitrogens is 2. The molecule has 8 nitrogen and oxygen atoms in total. The maximum absolute atomic E-state index is 12.0. The van der Waals surface area contributed by atoms with Crippen LogP contribution in [0.25, 0.3) is 0 Å². The van der Waals surface area contributed by atoms with E-state index in [0.717, 1.165) is 10.1 Å². The number of nitrogens with zero attached hydrogens (tertiary/aromatic N) is 3. The number of carbonyl (C=O) groups is 1. The van der Waals surface area contributed by atoms with E-state index in [1.807, 2.05) is 30.3 Å². The van der Waals surface area contributed by atoms with Gasteiger partial charge in [0.25, 0.3) is 5.56 Å². The molecule has 0 fully saturated rings. The molecule has 0 aliphatic rings. The van der Waals surface area contributed by atoms with E-state index in [9.17, 15) is 14.4 Å². The van der Waals surface area contributed by atoms with Crippen molar-refractivity contribution in [2.45, 2.75) is 13.0 Å². The van der Waals surface area contributed by atoms with Crippen molar-refractivity contribution in [1.82, 2.24) is 14.5 Å². The molecule has 0 bridgehead atoms. The van der Waals surface area contributed by atoms with Crippen LogP contribution in [0.3, 0.4) is 0 Å². The first-order valence-corrected chi connectivity index (χ1v) is 7.70. The van der Waals surface area contributed by atoms with Crippen LogP contribution in [0.1, 0.15) is 17.5 Å². The fraction of sp³-hybridized carbons (Fsp3) is 0.294. The van der Waals surface area contributed by atoms with Crippen molar-refractivity contribution in [2.75, 3.05) is 11.9 Å². The van der Waals surface area contributed by atoms with Gasteiger partial charge in [-0.25, -0.2) is 4.79 Å². The van der Waals surface area contributed by atoms with Gasteiger partial charge in [-0.05, 0) is 5.56 Å². The molecule has 1 aromatic heterocycles. The maximum atomic E-state index is 12.0. The largest absolute Gasteiger partial charge is 0.370 e. The molecule has 1 heterocycles. The Bertz CT molecular complexity index is 922. The molecular formula is C17H19N5O3. The Labute approximate surface area is 144 Å². The summed E-state index contributed by atoms with van der Waals surface area (Å²) in [4.78, 5) is 35.8. The van der Waals surface area contributed by atoms with E-state index >= 15 is 0 Å². The number of nitrogens with one attached hydrogen (secondary N) is 2. The highest BCUT2D eigenvalue weighted by Crippen LogP contribution is 2.06. The van der Waals surface area contributed by atoms with E-state index < -0.39 is 11.2 Å². The summed E-state index contributed by atoms with van der Waals surface area (Å²) in [5.74, 6) is -0.0600. The molecule has 1 aromatic carbocycles. The third-order valence-electron chi connectivity index (χ3n) is 3.75. The quantitative estimate of drug-likeness (QED) is 0.773. The molecule has 2 aromatic rings. The van der Waals surface area contributed by atoms with Crippen LogP contribution in [0.5, 0.6) is 0 Å². The van der Waals surface area contributed by atoms with Crippen LogP contribution in [0.4, 0.5) is 5.82 Å². The van der Waals surface area contributed by atoms with Crippen LogP contribution in [0.15, 0.2) is 39.9 Å². The van der Waals surface area contributed by atoms with Gasteiger partial charge in [-0.15, -0.1) is 0 Å². The fourth-order valence-electron chi connectivity index (χ4n) is 2.33. The van der Waals surface area contributed by atoms with Crippen molar-refractivity contribution in [3.63, 3.8) is 0 Å². The highest BCUT2D eigenvalue weighted by Gasteiger charge is 2.15. The van der Waals surface area contributed by atoms with Gasteiger partial charge in [-0.1, -0.05) is 30.3 Å². The van der Waals surface area contributed by atoms with E-state index in [1.54, 1.807) is 6.07 Å². The Morgan fingerprint density at radius 1 is 1.16 bits per heavy atom. The lowest BCUT2D eigenvalue weighted by Crippen LogP contribution is -2.40. The van der Waals surface area contributed by atoms with E-state index in [2.05, 4.69) is 10.6 Å². The first-order chi connectivity index (χ1) is 12.0. The first-order valence-electron chi connectivity index (χ1n) is 7.70. The third-order valence-corrected chi connectivity index (χ3v) is 3.75. The topological polar surface area (TPSA) is 109 Å². The number of anilines is 1. The molecule has 0 saturated heterocycles. The molecule has 2 N–H and O–H groups in total. The number of hydrogen-bond acceptors (Lipinski definition) is 5. The van der Waals surface area contributed by atoms with Gasteiger partial charge in [0, 0.05) is 33.6 Å². The summed E-state index contributed by atoms with van der Waals surface area (Å²) < 4.78 is 2.05. The molecule has 0 radical (unpaired) electrons. The molecule has 0 spiro atoms. The van der Waals surface area contributed by atoms with Gasteiger partial charge in [0.15, 0.2) is 5.56 Å². The summed E-state index contributed by atoms with van der Waals surface area (Å²) in [5, 5.41) is 14.8. The Hall–Kier alpha value is -3.34. The Kier molecular flexibility index (Phi) is 5.74. The van der Waals surface area contributed by atoms with Crippen LogP contribution >= 0.6 is 0 Å². The second-order valence-electron chi connectivity index (χ2n) is 5.48. The summed E-state index contributed by atoms with van der Waals surface area (Å²) in [5.41, 5.74) is -0.375. The van der Waals surface area contributed by atoms with Crippen molar-refractivity contribution in [1.29, 1.82) is 5.26 Å². The summed E-state index contributed by atoms with van der Waals surface area (Å²) >= 11 is 0. The van der Waals surface area contributed by atoms with Crippen molar-refractivity contribution >= 4 is 11.7 Å². The van der Waals surface area contributed by atoms with Crippen molar-refractivity contribution < 1.29 is 4.79 Å². The predicted molar refractivity (Wildman–Crippen MR) is 93.0 cm³/mol. The van der Waals surface area contributed by atoms with Crippen LogP contribution in [-0.4, -0.2) is 21.6 Å². The number of nitriles is 1. The Morgan fingerprint density at radius 3 is 2.48 bits per heavy atom. The van der Waals surface area contributed by atoms with E-state index in [1.165, 1.54) is 18.7 Å². The fourth-order valence-corrected chi connectivity index (χ4v) is 2.33. The van der Waals surface area contributed by atoms with Crippen LogP contribution in [0.2, 0.25) is 0 Å². The lowest BCUT2D eigenvalue weighted by Gasteiger charge is -2.13. The molecule has 130 valence electrons. The van der Waals surface area contributed by atoms with Crippen LogP contribution in [-0.2, 0) is 25.4 Å². The second kappa shape index (κ2) is 7.97. The highest BCUT2D eigenvalue weighted by atomic mass is 16.2. The minimum absolute atomic E-state index is 0.117. The van der Waals surface area contributed by atoms with E-state index in [0.29, 0.717) is 6.54 Å². The summed E-state index contributed by atoms with van der Waals surface area (Å²) in [7, 11) is 2.77. The smallest absolute Gasteiger partial charge is 0.332 e. The monoisotopic (exact) mass is 341 g/mol. The van der Waals surface area contributed by atoms with Gasteiger partial charge in [-0.3, -0.25) is 18.7 Å². The molecule has 1 amide bonds. The van der Waals surface area contributed by atoms with Gasteiger partial charge < -0.3 is 10.6 Å². The SMILES string of the molecule is Cn1c(NCCC(=O)NCc2ccccc2)c(C#N)c(=O)n(C)c1=O. The zero-order chi connectivity index (χ0) is 18.4. The molecule has 8 heteroatoms. The molecule has 0 atom stereocenters. The molecule has 25 heavy (non-hydrogen) atoms. The van der Waals surface area contributed by atoms with E-state index in [4.69, 9.17) is 5.26 Å². The maximum Gasteiger partial charge on any atom is 0.332 e. The summed E-state index contributed by atoms with van der Waals surface area (Å²) in [6.45, 7) is 0.614. The lowest BCUT2D eigenvalue weighted by atomic mass is 10.2. The molecular weight excluding hydrogens is 322 g/mol. The molecule has 0 unspecified atom stereocenters. The van der Waals surface area contributed by atoms with Crippen molar-refractivity contribution in [3.05, 3.63) is 62.3 Å². The van der Waals surface area contributed by atoms with Gasteiger partial charge in [0.05, 0.1) is 0 Å². The van der Waals surface area contributed by atoms with Crippen molar-refractivity contribution in [2.24, 2.45) is 14.1 Å². The van der Waals surface area contributed by atoms with Crippen LogP contribution in [0, 0.1) is 11.3 Å². The average molecular weight is 341 g/mol. The van der Waals surface area contributed by atoms with Gasteiger partial charge in [0.2, 0.25) is 5.91 Å². The van der Waals surface area contributed by atoms with E-state index in [-0.39, 0.29) is 30.3 Å². The van der Waals surface area contributed by atoms with Gasteiger partial charge >= 0.3 is 5.69 Å². The van der Waals surface area contributed by atoms with Gasteiger partial charge in [-0.2, -0.15) is 5.26 Å². The number of amides is 1. The standard InChI is InChI=1S/C17H19N5O3/c1-21-15(13(10-18)16(24)22(2)17(21)25)19-9-8-14(23)20-11-12-6-4-3-5-7-12/h3-7,19H,8-9,11H2,1-2H3,(H,20,23). The number of benzene rings is 1. The minimum atomic E-state index is -0.665. The second-order valence-corrected chi connectivity index (χ2v) is 5.48. The Balaban J connectivity index is 1.98. The lowest BCUT2D eigenvalue weighted by molar-refractivity contribution is -0.121. The molecule has 0 aliphatic carbocycles. The molecule has 2 rings (SSSR count). The zero-order valence-electron chi connectivity index (χ0n) is 14.1. The number of carbonyl (C=O) groups excluding carboxylic acids is 1. The van der Waals surface area contributed by atoms with Gasteiger partial charge in [0.1, 0.15) is 11.9 Å². The molecule has 0 saturated carbocycles. The number of hydrogen-bond donors (Lipinski definition) is 2. The summed E-state index contributed by atoms with van der Waals surface area (Å²) in [6.07, 6.45) is 0.140. The first kappa shape index (κ1) is 18.0. The van der Waals surface area contributed by atoms with Crippen LogP contribution < -0.4 is 21.9 Å². The highest BCUT2D eigenvalue weighted by molar-refractivity contribution is 5.76. The third kappa shape index (κ3) is 4.14. The minimum Gasteiger partial charge on any atom is -0.370 e. The normalized spacial score (nSPS) is 10.1. The molecule has 0 aliphatic heterocycles. The summed E-state index contributed by atoms with van der Waals surface area (Å²) in [6, 6.07) is 11.3. The number of rotatable bonds is 6. The average Bonchev–Trinajstić information content (AvgIpc) is 2.63. The zero-order valence-corrected chi connectivity index (χ0v) is 14.1. The van der Waals surface area contributed by atoms with Crippen molar-refractivity contribution in [3.8, 4) is 6.07 Å². The predicted octanol–water partition coefficient (Wildman–Crippen LogP) is 0.0741. The Morgan fingerprint density at radius 2 is 1.84 bits per heavy atom.